The van der Waals surface area contributed by atoms with Crippen molar-refractivity contribution in [2.75, 3.05) is 0 Å². The molecule has 2 nitrogen and oxygen atoms in total. The average Bonchev–Trinajstić information content (AvgIpc) is 2.72. The molecule has 1 aromatic carbocycles. The molecule has 17 heavy (non-hydrogen) atoms. The van der Waals surface area contributed by atoms with E-state index < -0.39 is 0 Å². The van der Waals surface area contributed by atoms with Crippen LogP contribution < -0.4 is 5.32 Å². The summed E-state index contributed by atoms with van der Waals surface area (Å²) in [5.41, 5.74) is 1.95. The van der Waals surface area contributed by atoms with E-state index in [1.807, 2.05) is 18.2 Å². The van der Waals surface area contributed by atoms with Crippen LogP contribution in [0, 0.1) is 23.2 Å². The Kier molecular flexibility index (Phi) is 2.70. The number of allylic oxidation sites excluding steroid dienone is 1. The summed E-state index contributed by atoms with van der Waals surface area (Å²) in [6.07, 6.45) is 7.24. The Morgan fingerprint density at radius 1 is 1.41 bits per heavy atom. The Balaban J connectivity index is 1.57. The third-order valence-electron chi connectivity index (χ3n) is 3.99. The Labute approximate surface area is 102 Å². The van der Waals surface area contributed by atoms with E-state index >= 15 is 0 Å². The topological polar surface area (TPSA) is 35.8 Å². The van der Waals surface area contributed by atoms with E-state index in [9.17, 15) is 0 Å². The van der Waals surface area contributed by atoms with Gasteiger partial charge in [0.05, 0.1) is 11.6 Å². The Bertz CT molecular complexity index is 484. The average molecular weight is 224 g/mol. The quantitative estimate of drug-likeness (QED) is 0.801. The predicted octanol–water partition coefficient (Wildman–Crippen LogP) is 2.61. The molecule has 0 heterocycles. The molecule has 2 aliphatic carbocycles. The number of nitrogens with one attached hydrogen (secondary N) is 1. The molecule has 3 rings (SSSR count). The minimum atomic E-state index is 0.643. The molecule has 2 heteroatoms. The van der Waals surface area contributed by atoms with Crippen LogP contribution in [0.2, 0.25) is 0 Å². The first-order valence-corrected chi connectivity index (χ1v) is 6.26. The molecule has 0 aliphatic heterocycles. The number of hydrogen-bond acceptors (Lipinski definition) is 2. The zero-order chi connectivity index (χ0) is 11.7. The van der Waals surface area contributed by atoms with Crippen LogP contribution in [0.25, 0.3) is 0 Å². The SMILES string of the molecule is N#Cc1cccc(CNC2CC3CC=CC32)c1. The van der Waals surface area contributed by atoms with E-state index in [0.717, 1.165) is 23.9 Å². The van der Waals surface area contributed by atoms with Crippen molar-refractivity contribution < 1.29 is 0 Å². The number of fused-ring (bicyclic) bond motifs is 1. The van der Waals surface area contributed by atoms with E-state index in [2.05, 4.69) is 29.6 Å². The predicted molar refractivity (Wildman–Crippen MR) is 67.1 cm³/mol. The van der Waals surface area contributed by atoms with Crippen LogP contribution >= 0.6 is 0 Å². The van der Waals surface area contributed by atoms with E-state index in [-0.39, 0.29) is 0 Å². The summed E-state index contributed by atoms with van der Waals surface area (Å²) in [5, 5.41) is 12.4. The molecular formula is C15H16N2. The number of rotatable bonds is 3. The monoisotopic (exact) mass is 224 g/mol. The van der Waals surface area contributed by atoms with Gasteiger partial charge in [-0.1, -0.05) is 24.3 Å². The lowest BCUT2D eigenvalue weighted by atomic mass is 9.71. The molecule has 1 aromatic rings. The number of benzene rings is 1. The fourth-order valence-corrected chi connectivity index (χ4v) is 2.95. The van der Waals surface area contributed by atoms with Gasteiger partial charge >= 0.3 is 0 Å². The van der Waals surface area contributed by atoms with E-state index in [1.54, 1.807) is 0 Å². The molecule has 0 spiro atoms. The van der Waals surface area contributed by atoms with Crippen molar-refractivity contribution in [2.45, 2.75) is 25.4 Å². The smallest absolute Gasteiger partial charge is 0.0991 e. The highest BCUT2D eigenvalue weighted by Crippen LogP contribution is 2.42. The molecule has 0 radical (unpaired) electrons. The standard InChI is InChI=1S/C15H16N2/c16-9-11-3-1-4-12(7-11)10-17-15-8-13-5-2-6-14(13)15/h1-4,6-7,13-15,17H,5,8,10H2. The van der Waals surface area contributed by atoms with Gasteiger partial charge in [0.25, 0.3) is 0 Å². The van der Waals surface area contributed by atoms with Gasteiger partial charge in [-0.25, -0.2) is 0 Å². The number of nitrogens with zero attached hydrogens (tertiary/aromatic N) is 1. The molecular weight excluding hydrogens is 208 g/mol. The zero-order valence-electron chi connectivity index (χ0n) is 9.76. The second-order valence-electron chi connectivity index (χ2n) is 5.04. The van der Waals surface area contributed by atoms with Gasteiger partial charge in [-0.3, -0.25) is 0 Å². The lowest BCUT2D eigenvalue weighted by molar-refractivity contribution is 0.162. The van der Waals surface area contributed by atoms with Gasteiger partial charge in [0.2, 0.25) is 0 Å². The molecule has 3 unspecified atom stereocenters. The van der Waals surface area contributed by atoms with Crippen LogP contribution in [-0.4, -0.2) is 6.04 Å². The minimum absolute atomic E-state index is 0.643. The van der Waals surface area contributed by atoms with E-state index in [1.165, 1.54) is 18.4 Å². The van der Waals surface area contributed by atoms with Crippen LogP contribution in [0.3, 0.4) is 0 Å². The summed E-state index contributed by atoms with van der Waals surface area (Å²) >= 11 is 0. The van der Waals surface area contributed by atoms with Crippen molar-refractivity contribution in [1.29, 1.82) is 5.26 Å². The highest BCUT2D eigenvalue weighted by Gasteiger charge is 2.40. The van der Waals surface area contributed by atoms with Crippen LogP contribution in [0.4, 0.5) is 0 Å². The summed E-state index contributed by atoms with van der Waals surface area (Å²) in [6.45, 7) is 0.872. The molecule has 3 atom stereocenters. The highest BCUT2D eigenvalue weighted by atomic mass is 14.9. The second kappa shape index (κ2) is 4.35. The first-order valence-electron chi connectivity index (χ1n) is 6.26. The molecule has 0 saturated heterocycles. The lowest BCUT2D eigenvalue weighted by Gasteiger charge is -2.40. The van der Waals surface area contributed by atoms with Crippen LogP contribution in [-0.2, 0) is 6.54 Å². The van der Waals surface area contributed by atoms with Gasteiger partial charge in [0.15, 0.2) is 0 Å². The Hall–Kier alpha value is -1.59. The van der Waals surface area contributed by atoms with E-state index in [4.69, 9.17) is 5.26 Å². The van der Waals surface area contributed by atoms with Crippen molar-refractivity contribution in [1.82, 2.24) is 5.32 Å². The van der Waals surface area contributed by atoms with Crippen LogP contribution in [0.15, 0.2) is 36.4 Å². The summed E-state index contributed by atoms with van der Waals surface area (Å²) in [5.74, 6) is 1.66. The van der Waals surface area contributed by atoms with Crippen LogP contribution in [0.5, 0.6) is 0 Å². The maximum atomic E-state index is 8.84. The molecule has 0 bridgehead atoms. The maximum Gasteiger partial charge on any atom is 0.0991 e. The largest absolute Gasteiger partial charge is 0.309 e. The summed E-state index contributed by atoms with van der Waals surface area (Å²) < 4.78 is 0. The molecule has 0 amide bonds. The third kappa shape index (κ3) is 1.99. The first-order chi connectivity index (χ1) is 8.36. The molecule has 1 N–H and O–H groups in total. The lowest BCUT2D eigenvalue weighted by Crippen LogP contribution is -2.47. The molecule has 1 saturated carbocycles. The van der Waals surface area contributed by atoms with Gasteiger partial charge in [0, 0.05) is 12.6 Å². The molecule has 86 valence electrons. The molecule has 2 aliphatic rings. The van der Waals surface area contributed by atoms with E-state index in [0.29, 0.717) is 6.04 Å². The normalized spacial score (nSPS) is 29.5. The van der Waals surface area contributed by atoms with Crippen LogP contribution in [0.1, 0.15) is 24.0 Å². The minimum Gasteiger partial charge on any atom is -0.309 e. The first kappa shape index (κ1) is 10.6. The highest BCUT2D eigenvalue weighted by molar-refractivity contribution is 5.32. The Morgan fingerprint density at radius 3 is 3.18 bits per heavy atom. The maximum absolute atomic E-state index is 8.84. The molecule has 0 aromatic heterocycles. The number of hydrogen-bond donors (Lipinski definition) is 1. The van der Waals surface area contributed by atoms with Gasteiger partial charge in [-0.15, -0.1) is 0 Å². The second-order valence-corrected chi connectivity index (χ2v) is 5.04. The van der Waals surface area contributed by atoms with Gasteiger partial charge < -0.3 is 5.32 Å². The van der Waals surface area contributed by atoms with Crippen molar-refractivity contribution in [3.63, 3.8) is 0 Å². The Morgan fingerprint density at radius 2 is 2.35 bits per heavy atom. The summed E-state index contributed by atoms with van der Waals surface area (Å²) in [7, 11) is 0. The van der Waals surface area contributed by atoms with Gasteiger partial charge in [-0.05, 0) is 42.4 Å². The van der Waals surface area contributed by atoms with Crippen molar-refractivity contribution in [2.24, 2.45) is 11.8 Å². The van der Waals surface area contributed by atoms with Crippen molar-refractivity contribution >= 4 is 0 Å². The summed E-state index contributed by atoms with van der Waals surface area (Å²) in [4.78, 5) is 0. The fourth-order valence-electron chi connectivity index (χ4n) is 2.95. The molecule has 1 fully saturated rings. The third-order valence-corrected chi connectivity index (χ3v) is 3.99. The van der Waals surface area contributed by atoms with Crippen molar-refractivity contribution in [3.8, 4) is 6.07 Å². The number of nitriles is 1. The van der Waals surface area contributed by atoms with Gasteiger partial charge in [0.1, 0.15) is 0 Å². The summed E-state index contributed by atoms with van der Waals surface area (Å²) in [6, 6.07) is 10.7. The van der Waals surface area contributed by atoms with Crippen molar-refractivity contribution in [3.05, 3.63) is 47.5 Å². The fraction of sp³-hybridized carbons (Fsp3) is 0.400. The zero-order valence-corrected chi connectivity index (χ0v) is 9.76. The van der Waals surface area contributed by atoms with Gasteiger partial charge in [-0.2, -0.15) is 5.26 Å².